The molecule has 0 bridgehead atoms. The molecule has 0 radical (unpaired) electrons. The highest BCUT2D eigenvalue weighted by Crippen LogP contribution is 2.35. The molecular weight excluding hydrogens is 447 g/mol. The summed E-state index contributed by atoms with van der Waals surface area (Å²) in [4.78, 5) is 28.0. The van der Waals surface area contributed by atoms with Gasteiger partial charge in [0.05, 0.1) is 17.9 Å². The monoisotopic (exact) mass is 466 g/mol. The van der Waals surface area contributed by atoms with Gasteiger partial charge in [0, 0.05) is 15.7 Å². The molecule has 3 aromatic rings. The largest absolute Gasteiger partial charge is 0.494 e. The summed E-state index contributed by atoms with van der Waals surface area (Å²) >= 11 is 12.3. The van der Waals surface area contributed by atoms with E-state index >= 15 is 0 Å². The third-order valence-electron chi connectivity index (χ3n) is 5.07. The van der Waals surface area contributed by atoms with Gasteiger partial charge in [-0.3, -0.25) is 9.59 Å². The van der Waals surface area contributed by atoms with Crippen LogP contribution in [0.3, 0.4) is 0 Å². The Morgan fingerprint density at radius 3 is 2.22 bits per heavy atom. The van der Waals surface area contributed by atoms with E-state index in [-0.39, 0.29) is 11.3 Å². The topological polar surface area (TPSA) is 58.6 Å². The molecule has 32 heavy (non-hydrogen) atoms. The first kappa shape index (κ1) is 21.9. The van der Waals surface area contributed by atoms with Crippen molar-refractivity contribution in [1.29, 1.82) is 0 Å². The highest BCUT2D eigenvalue weighted by atomic mass is 35.5. The summed E-state index contributed by atoms with van der Waals surface area (Å²) in [7, 11) is 0. The van der Waals surface area contributed by atoms with E-state index in [1.165, 1.54) is 0 Å². The fourth-order valence-corrected chi connectivity index (χ4v) is 3.73. The van der Waals surface area contributed by atoms with Crippen LogP contribution in [0.2, 0.25) is 10.0 Å². The number of halogens is 2. The molecule has 3 aromatic carbocycles. The summed E-state index contributed by atoms with van der Waals surface area (Å²) in [5, 5.41) is 4.14. The molecule has 162 valence electrons. The number of ether oxygens (including phenoxy) is 1. The lowest BCUT2D eigenvalue weighted by atomic mass is 10.0. The third kappa shape index (κ3) is 4.22. The maximum Gasteiger partial charge on any atom is 0.282 e. The zero-order valence-corrected chi connectivity index (χ0v) is 19.0. The Morgan fingerprint density at radius 2 is 1.59 bits per heavy atom. The molecule has 0 saturated heterocycles. The van der Waals surface area contributed by atoms with Crippen molar-refractivity contribution in [3.63, 3.8) is 0 Å². The summed E-state index contributed by atoms with van der Waals surface area (Å²) in [6.07, 6.45) is 0. The molecule has 0 aliphatic carbocycles. The highest BCUT2D eigenvalue weighted by molar-refractivity contribution is 6.46. The quantitative estimate of drug-likeness (QED) is 0.446. The minimum absolute atomic E-state index is 0.179. The highest BCUT2D eigenvalue weighted by Gasteiger charge is 2.40. The van der Waals surface area contributed by atoms with Gasteiger partial charge in [-0.1, -0.05) is 41.4 Å². The summed E-state index contributed by atoms with van der Waals surface area (Å²) < 4.78 is 5.47. The Labute approximate surface area is 196 Å². The number of benzene rings is 3. The number of imide groups is 1. The molecule has 1 heterocycles. The van der Waals surface area contributed by atoms with Gasteiger partial charge in [0.1, 0.15) is 11.4 Å². The van der Waals surface area contributed by atoms with Gasteiger partial charge in [0.25, 0.3) is 11.8 Å². The standard InChI is InChI=1S/C25H20Cl2N2O3/c1-3-32-20-12-9-18(10-13-20)28-23-22(16-5-7-17(26)8-6-16)24(30)29(25(23)31)19-11-4-15(2)21(27)14-19/h4-14,28H,3H2,1-2H3. The van der Waals surface area contributed by atoms with Crippen molar-refractivity contribution in [2.75, 3.05) is 16.8 Å². The third-order valence-corrected chi connectivity index (χ3v) is 5.72. The fourth-order valence-electron chi connectivity index (χ4n) is 3.43. The second-order valence-corrected chi connectivity index (χ2v) is 8.06. The van der Waals surface area contributed by atoms with E-state index in [4.69, 9.17) is 27.9 Å². The maximum atomic E-state index is 13.4. The number of carbonyl (C=O) groups excluding carboxylic acids is 2. The molecule has 1 N–H and O–H groups in total. The molecule has 0 fully saturated rings. The van der Waals surface area contributed by atoms with Crippen molar-refractivity contribution in [1.82, 2.24) is 0 Å². The summed E-state index contributed by atoms with van der Waals surface area (Å²) in [5.74, 6) is -0.186. The number of rotatable bonds is 6. The number of hydrogen-bond acceptors (Lipinski definition) is 4. The lowest BCUT2D eigenvalue weighted by molar-refractivity contribution is -0.120. The minimum atomic E-state index is -0.464. The van der Waals surface area contributed by atoms with E-state index in [0.29, 0.717) is 33.6 Å². The van der Waals surface area contributed by atoms with E-state index in [0.717, 1.165) is 16.2 Å². The van der Waals surface area contributed by atoms with E-state index in [1.54, 1.807) is 66.7 Å². The van der Waals surface area contributed by atoms with Crippen LogP contribution in [-0.4, -0.2) is 18.4 Å². The number of anilines is 2. The summed E-state index contributed by atoms with van der Waals surface area (Å²) in [5.41, 5.74) is 2.94. The summed E-state index contributed by atoms with van der Waals surface area (Å²) in [6, 6.07) is 19.1. The predicted octanol–water partition coefficient (Wildman–Crippen LogP) is 6.10. The van der Waals surface area contributed by atoms with Crippen LogP contribution in [-0.2, 0) is 9.59 Å². The molecule has 7 heteroatoms. The SMILES string of the molecule is CCOc1ccc(NC2=C(c3ccc(Cl)cc3)C(=O)N(c3ccc(C)c(Cl)c3)C2=O)cc1. The van der Waals surface area contributed by atoms with Crippen LogP contribution >= 0.6 is 23.2 Å². The Bertz CT molecular complexity index is 1220. The zero-order valence-electron chi connectivity index (χ0n) is 17.5. The van der Waals surface area contributed by atoms with E-state index < -0.39 is 11.8 Å². The van der Waals surface area contributed by atoms with Crippen LogP contribution in [0.1, 0.15) is 18.1 Å². The van der Waals surface area contributed by atoms with Gasteiger partial charge in [-0.25, -0.2) is 4.90 Å². The van der Waals surface area contributed by atoms with Crippen molar-refractivity contribution in [2.45, 2.75) is 13.8 Å². The Morgan fingerprint density at radius 1 is 0.906 bits per heavy atom. The lowest BCUT2D eigenvalue weighted by Gasteiger charge is -2.16. The van der Waals surface area contributed by atoms with Crippen LogP contribution in [0.25, 0.3) is 5.57 Å². The number of hydrogen-bond donors (Lipinski definition) is 1. The van der Waals surface area contributed by atoms with Gasteiger partial charge in [-0.05, 0) is 73.5 Å². The predicted molar refractivity (Wildman–Crippen MR) is 128 cm³/mol. The second kappa shape index (κ2) is 9.07. The first-order valence-electron chi connectivity index (χ1n) is 10.0. The molecule has 1 aliphatic rings. The van der Waals surface area contributed by atoms with Crippen LogP contribution < -0.4 is 15.0 Å². The molecule has 1 aliphatic heterocycles. The van der Waals surface area contributed by atoms with Gasteiger partial charge in [-0.15, -0.1) is 0 Å². The molecule has 5 nitrogen and oxygen atoms in total. The number of carbonyl (C=O) groups is 2. The number of aryl methyl sites for hydroxylation is 1. The van der Waals surface area contributed by atoms with E-state index in [9.17, 15) is 9.59 Å². The molecule has 2 amide bonds. The van der Waals surface area contributed by atoms with Crippen LogP contribution in [0, 0.1) is 6.92 Å². The first-order valence-corrected chi connectivity index (χ1v) is 10.8. The fraction of sp³-hybridized carbons (Fsp3) is 0.120. The number of amides is 2. The van der Waals surface area contributed by atoms with Gasteiger partial charge >= 0.3 is 0 Å². The molecule has 0 spiro atoms. The van der Waals surface area contributed by atoms with Crippen LogP contribution in [0.5, 0.6) is 5.75 Å². The second-order valence-electron chi connectivity index (χ2n) is 7.22. The van der Waals surface area contributed by atoms with E-state index in [1.807, 2.05) is 13.8 Å². The molecule has 0 saturated carbocycles. The Balaban J connectivity index is 1.77. The molecule has 0 unspecified atom stereocenters. The normalized spacial score (nSPS) is 13.7. The van der Waals surface area contributed by atoms with Gasteiger partial charge in [-0.2, -0.15) is 0 Å². The van der Waals surface area contributed by atoms with Gasteiger partial charge < -0.3 is 10.1 Å². The van der Waals surface area contributed by atoms with Crippen LogP contribution in [0.15, 0.2) is 72.4 Å². The number of nitrogens with zero attached hydrogens (tertiary/aromatic N) is 1. The average molecular weight is 467 g/mol. The van der Waals surface area contributed by atoms with Crippen LogP contribution in [0.4, 0.5) is 11.4 Å². The molecule has 0 aromatic heterocycles. The Hall–Kier alpha value is -3.28. The van der Waals surface area contributed by atoms with Crippen molar-refractivity contribution >= 4 is 52.0 Å². The minimum Gasteiger partial charge on any atom is -0.494 e. The van der Waals surface area contributed by atoms with Gasteiger partial charge in [0.2, 0.25) is 0 Å². The zero-order chi connectivity index (χ0) is 22.8. The average Bonchev–Trinajstić information content (AvgIpc) is 3.02. The lowest BCUT2D eigenvalue weighted by Crippen LogP contribution is -2.32. The maximum absolute atomic E-state index is 13.4. The van der Waals surface area contributed by atoms with Gasteiger partial charge in [0.15, 0.2) is 0 Å². The number of nitrogens with one attached hydrogen (secondary N) is 1. The summed E-state index contributed by atoms with van der Waals surface area (Å²) in [6.45, 7) is 4.32. The molecule has 4 rings (SSSR count). The smallest absolute Gasteiger partial charge is 0.282 e. The van der Waals surface area contributed by atoms with Crippen molar-refractivity contribution in [3.05, 3.63) is 93.6 Å². The molecular formula is C25H20Cl2N2O3. The molecule has 0 atom stereocenters. The first-order chi connectivity index (χ1) is 15.4. The Kier molecular flexibility index (Phi) is 6.21. The van der Waals surface area contributed by atoms with E-state index in [2.05, 4.69) is 5.32 Å². The van der Waals surface area contributed by atoms with Crippen molar-refractivity contribution in [3.8, 4) is 5.75 Å². The van der Waals surface area contributed by atoms with Crippen molar-refractivity contribution in [2.24, 2.45) is 0 Å². The van der Waals surface area contributed by atoms with Crippen molar-refractivity contribution < 1.29 is 14.3 Å².